The molecule has 2 atom stereocenters. The summed E-state index contributed by atoms with van der Waals surface area (Å²) in [4.78, 5) is 27.9. The molecule has 0 radical (unpaired) electrons. The van der Waals surface area contributed by atoms with Crippen molar-refractivity contribution >= 4 is 43.5 Å². The molecule has 0 aromatic heterocycles. The van der Waals surface area contributed by atoms with Crippen LogP contribution in [0.25, 0.3) is 0 Å². The lowest BCUT2D eigenvalue weighted by atomic mass is 10.1. The van der Waals surface area contributed by atoms with E-state index in [-0.39, 0.29) is 18.5 Å². The van der Waals surface area contributed by atoms with Crippen molar-refractivity contribution in [3.8, 4) is 5.75 Å². The Morgan fingerprint density at radius 3 is 2.29 bits per heavy atom. The van der Waals surface area contributed by atoms with Crippen LogP contribution < -0.4 is 14.4 Å². The molecule has 10 heteroatoms. The van der Waals surface area contributed by atoms with Gasteiger partial charge in [-0.3, -0.25) is 13.9 Å². The molecule has 1 N–H and O–H groups in total. The van der Waals surface area contributed by atoms with Crippen LogP contribution in [0.3, 0.4) is 0 Å². The summed E-state index contributed by atoms with van der Waals surface area (Å²) in [6, 6.07) is 13.1. The van der Waals surface area contributed by atoms with Crippen LogP contribution >= 0.6 is 15.9 Å². The maximum atomic E-state index is 13.5. The summed E-state index contributed by atoms with van der Waals surface area (Å²) in [5, 5.41) is 2.91. The van der Waals surface area contributed by atoms with Crippen LogP contribution in [-0.2, 0) is 26.2 Å². The number of ether oxygens (including phenoxy) is 1. The Hall–Kier alpha value is -2.59. The standard InChI is InChI=1S/C25H34BrN3O5S/c1-6-18(3)27-25(31)19(4)28(16-20-9-8-10-21(26)15-20)24(30)17-29(35(5,32)33)22-11-13-23(14-12-22)34-7-2/h8-15,18-19H,6-7,16-17H2,1-5H3,(H,27,31)/t18-,19-/m1/s1. The van der Waals surface area contributed by atoms with Crippen molar-refractivity contribution in [2.75, 3.05) is 23.7 Å². The molecule has 8 nitrogen and oxygen atoms in total. The average Bonchev–Trinajstić information content (AvgIpc) is 2.80. The molecule has 0 unspecified atom stereocenters. The SMILES string of the molecule is CCOc1ccc(N(CC(=O)N(Cc2cccc(Br)c2)[C@H](C)C(=O)N[C@H](C)CC)S(C)(=O)=O)cc1. The number of benzene rings is 2. The maximum absolute atomic E-state index is 13.5. The Labute approximate surface area is 216 Å². The van der Waals surface area contributed by atoms with Crippen LogP contribution in [0.5, 0.6) is 5.75 Å². The summed E-state index contributed by atoms with van der Waals surface area (Å²) in [5.41, 5.74) is 1.14. The number of carbonyl (C=O) groups excluding carboxylic acids is 2. The monoisotopic (exact) mass is 567 g/mol. The minimum absolute atomic E-state index is 0.0517. The number of hydrogen-bond donors (Lipinski definition) is 1. The fraction of sp³-hybridized carbons (Fsp3) is 0.440. The molecule has 2 aromatic carbocycles. The van der Waals surface area contributed by atoms with E-state index in [2.05, 4.69) is 21.2 Å². The van der Waals surface area contributed by atoms with Crippen LogP contribution in [-0.4, -0.2) is 56.6 Å². The minimum Gasteiger partial charge on any atom is -0.494 e. The first-order valence-electron chi connectivity index (χ1n) is 11.5. The number of nitrogens with zero attached hydrogens (tertiary/aromatic N) is 2. The van der Waals surface area contributed by atoms with E-state index in [4.69, 9.17) is 4.74 Å². The second kappa shape index (κ2) is 12.9. The predicted octanol–water partition coefficient (Wildman–Crippen LogP) is 3.95. The Morgan fingerprint density at radius 2 is 1.74 bits per heavy atom. The number of anilines is 1. The van der Waals surface area contributed by atoms with Crippen LogP contribution in [0, 0.1) is 0 Å². The number of amides is 2. The van der Waals surface area contributed by atoms with E-state index < -0.39 is 28.5 Å². The van der Waals surface area contributed by atoms with Gasteiger partial charge in [0, 0.05) is 17.1 Å². The molecule has 2 amide bonds. The highest BCUT2D eigenvalue weighted by Gasteiger charge is 2.30. The number of carbonyl (C=O) groups is 2. The molecule has 0 saturated carbocycles. The zero-order valence-electron chi connectivity index (χ0n) is 20.8. The molecular formula is C25H34BrN3O5S. The highest BCUT2D eigenvalue weighted by Crippen LogP contribution is 2.23. The zero-order valence-corrected chi connectivity index (χ0v) is 23.2. The molecule has 0 aliphatic carbocycles. The predicted molar refractivity (Wildman–Crippen MR) is 142 cm³/mol. The number of nitrogens with one attached hydrogen (secondary N) is 1. The molecule has 35 heavy (non-hydrogen) atoms. The van der Waals surface area contributed by atoms with Crippen LogP contribution in [0.15, 0.2) is 53.0 Å². The smallest absolute Gasteiger partial charge is 0.244 e. The van der Waals surface area contributed by atoms with Crippen LogP contribution in [0.1, 0.15) is 39.7 Å². The van der Waals surface area contributed by atoms with Crippen LogP contribution in [0.4, 0.5) is 5.69 Å². The first kappa shape index (κ1) is 28.6. The van der Waals surface area contributed by atoms with Crippen molar-refractivity contribution in [3.05, 3.63) is 58.6 Å². The quantitative estimate of drug-likeness (QED) is 0.419. The highest BCUT2D eigenvalue weighted by molar-refractivity contribution is 9.10. The fourth-order valence-corrected chi connectivity index (χ4v) is 4.67. The van der Waals surface area contributed by atoms with Gasteiger partial charge in [0.2, 0.25) is 21.8 Å². The molecule has 0 heterocycles. The molecule has 0 spiro atoms. The lowest BCUT2D eigenvalue weighted by Gasteiger charge is -2.32. The largest absolute Gasteiger partial charge is 0.494 e. The molecule has 192 valence electrons. The minimum atomic E-state index is -3.78. The summed E-state index contributed by atoms with van der Waals surface area (Å²) in [7, 11) is -3.78. The molecule has 0 aliphatic heterocycles. The second-order valence-electron chi connectivity index (χ2n) is 8.34. The Balaban J connectivity index is 2.36. The van der Waals surface area contributed by atoms with Gasteiger partial charge in [0.25, 0.3) is 0 Å². The van der Waals surface area contributed by atoms with Gasteiger partial charge < -0.3 is 15.0 Å². The molecule has 0 fully saturated rings. The second-order valence-corrected chi connectivity index (χ2v) is 11.2. The third-order valence-electron chi connectivity index (χ3n) is 5.53. The van der Waals surface area contributed by atoms with E-state index in [1.165, 1.54) is 4.90 Å². The van der Waals surface area contributed by atoms with E-state index in [0.29, 0.717) is 18.0 Å². The summed E-state index contributed by atoms with van der Waals surface area (Å²) in [5.74, 6) is -0.187. The van der Waals surface area contributed by atoms with Gasteiger partial charge in [0.1, 0.15) is 18.3 Å². The van der Waals surface area contributed by atoms with Crippen molar-refractivity contribution in [1.29, 1.82) is 0 Å². The van der Waals surface area contributed by atoms with Gasteiger partial charge in [-0.25, -0.2) is 8.42 Å². The Kier molecular flexibility index (Phi) is 10.6. The fourth-order valence-electron chi connectivity index (χ4n) is 3.37. The third-order valence-corrected chi connectivity index (χ3v) is 7.16. The highest BCUT2D eigenvalue weighted by atomic mass is 79.9. The molecule has 0 saturated heterocycles. The van der Waals surface area contributed by atoms with Gasteiger partial charge in [-0.15, -0.1) is 0 Å². The van der Waals surface area contributed by atoms with E-state index in [1.54, 1.807) is 31.2 Å². The lowest BCUT2D eigenvalue weighted by Crippen LogP contribution is -2.52. The molecule has 0 bridgehead atoms. The summed E-state index contributed by atoms with van der Waals surface area (Å²) < 4.78 is 32.6. The van der Waals surface area contributed by atoms with Crippen molar-refractivity contribution in [3.63, 3.8) is 0 Å². The van der Waals surface area contributed by atoms with E-state index >= 15 is 0 Å². The van der Waals surface area contributed by atoms with Crippen molar-refractivity contribution in [1.82, 2.24) is 10.2 Å². The topological polar surface area (TPSA) is 96.0 Å². The van der Waals surface area contributed by atoms with Crippen molar-refractivity contribution in [2.24, 2.45) is 0 Å². The lowest BCUT2D eigenvalue weighted by molar-refractivity contribution is -0.139. The summed E-state index contributed by atoms with van der Waals surface area (Å²) in [6.07, 6.45) is 1.80. The van der Waals surface area contributed by atoms with Gasteiger partial charge in [-0.2, -0.15) is 0 Å². The summed E-state index contributed by atoms with van der Waals surface area (Å²) in [6.45, 7) is 7.54. The average molecular weight is 569 g/mol. The summed E-state index contributed by atoms with van der Waals surface area (Å²) >= 11 is 3.43. The number of hydrogen-bond acceptors (Lipinski definition) is 5. The maximum Gasteiger partial charge on any atom is 0.244 e. The Bertz CT molecular complexity index is 1110. The molecule has 2 aromatic rings. The van der Waals surface area contributed by atoms with E-state index in [1.807, 2.05) is 45.0 Å². The number of halogens is 1. The Morgan fingerprint density at radius 1 is 1.09 bits per heavy atom. The van der Waals surface area contributed by atoms with Crippen LogP contribution in [0.2, 0.25) is 0 Å². The molecular weight excluding hydrogens is 534 g/mol. The third kappa shape index (κ3) is 8.54. The van der Waals surface area contributed by atoms with Crippen molar-refractivity contribution in [2.45, 2.75) is 52.7 Å². The van der Waals surface area contributed by atoms with Crippen molar-refractivity contribution < 1.29 is 22.7 Å². The number of sulfonamides is 1. The molecule has 0 aliphatic rings. The normalized spacial score (nSPS) is 13.0. The van der Waals surface area contributed by atoms with Gasteiger partial charge in [0.15, 0.2) is 0 Å². The van der Waals surface area contributed by atoms with Gasteiger partial charge in [-0.1, -0.05) is 35.0 Å². The number of rotatable bonds is 12. The first-order valence-corrected chi connectivity index (χ1v) is 14.1. The van der Waals surface area contributed by atoms with E-state index in [9.17, 15) is 18.0 Å². The van der Waals surface area contributed by atoms with E-state index in [0.717, 1.165) is 27.0 Å². The van der Waals surface area contributed by atoms with Gasteiger partial charge in [0.05, 0.1) is 18.6 Å². The van der Waals surface area contributed by atoms with Gasteiger partial charge in [-0.05, 0) is 69.2 Å². The van der Waals surface area contributed by atoms with Gasteiger partial charge >= 0.3 is 0 Å². The zero-order chi connectivity index (χ0) is 26.2. The first-order chi connectivity index (χ1) is 16.5. The molecule has 2 rings (SSSR count).